The number of ketones is 1. The highest BCUT2D eigenvalue weighted by Crippen LogP contribution is 2.39. The van der Waals surface area contributed by atoms with Crippen LogP contribution in [0, 0.1) is 0 Å². The van der Waals surface area contributed by atoms with E-state index in [4.69, 9.17) is 9.47 Å². The third-order valence-electron chi connectivity index (χ3n) is 4.32. The number of allylic oxidation sites excluding steroid dienone is 2. The molecule has 1 spiro atoms. The molecular formula is C18H22O3. The van der Waals surface area contributed by atoms with Gasteiger partial charge in [0.05, 0.1) is 19.6 Å². The monoisotopic (exact) mass is 286 g/mol. The van der Waals surface area contributed by atoms with E-state index in [1.807, 2.05) is 18.2 Å². The van der Waals surface area contributed by atoms with Crippen molar-refractivity contribution < 1.29 is 14.3 Å². The van der Waals surface area contributed by atoms with Crippen LogP contribution in [0.15, 0.2) is 35.9 Å². The molecule has 0 atom stereocenters. The first kappa shape index (κ1) is 14.5. The molecule has 0 bridgehead atoms. The van der Waals surface area contributed by atoms with E-state index >= 15 is 0 Å². The van der Waals surface area contributed by atoms with Gasteiger partial charge >= 0.3 is 0 Å². The fourth-order valence-electron chi connectivity index (χ4n) is 3.32. The first-order chi connectivity index (χ1) is 10.2. The number of hydrogen-bond donors (Lipinski definition) is 0. The maximum Gasteiger partial charge on any atom is 0.176 e. The summed E-state index contributed by atoms with van der Waals surface area (Å²) in [6.45, 7) is 3.36. The standard InChI is InChI=1S/C18H22O3/c1-2-6-15(14-7-4-3-5-8-14)16-9-10-18(13-17(16)19)20-11-12-21-18/h3-5,7-8H,2,6,9-13H2,1H3/b16-15+. The summed E-state index contributed by atoms with van der Waals surface area (Å²) >= 11 is 0. The molecule has 1 heterocycles. The number of benzene rings is 1. The van der Waals surface area contributed by atoms with Crippen LogP contribution in [0.1, 0.15) is 44.6 Å². The highest BCUT2D eigenvalue weighted by Gasteiger charge is 2.43. The number of hydrogen-bond acceptors (Lipinski definition) is 3. The van der Waals surface area contributed by atoms with Crippen molar-refractivity contribution in [1.29, 1.82) is 0 Å². The van der Waals surface area contributed by atoms with Crippen LogP contribution in [-0.2, 0) is 14.3 Å². The number of rotatable bonds is 3. The van der Waals surface area contributed by atoms with E-state index in [0.717, 1.165) is 31.3 Å². The van der Waals surface area contributed by atoms with Gasteiger partial charge in [0.25, 0.3) is 0 Å². The van der Waals surface area contributed by atoms with Crippen LogP contribution >= 0.6 is 0 Å². The predicted octanol–water partition coefficient (Wildman–Crippen LogP) is 3.74. The molecule has 0 radical (unpaired) electrons. The van der Waals surface area contributed by atoms with E-state index in [1.54, 1.807) is 0 Å². The van der Waals surface area contributed by atoms with Gasteiger partial charge in [-0.25, -0.2) is 0 Å². The maximum absolute atomic E-state index is 12.6. The van der Waals surface area contributed by atoms with Crippen LogP contribution < -0.4 is 0 Å². The van der Waals surface area contributed by atoms with Crippen molar-refractivity contribution in [1.82, 2.24) is 0 Å². The van der Waals surface area contributed by atoms with Crippen LogP contribution in [-0.4, -0.2) is 24.8 Å². The Bertz CT molecular complexity index is 539. The smallest absolute Gasteiger partial charge is 0.176 e. The molecule has 2 fully saturated rings. The number of carbonyl (C=O) groups excluding carboxylic acids is 1. The van der Waals surface area contributed by atoms with E-state index in [0.29, 0.717) is 19.6 Å². The van der Waals surface area contributed by atoms with Crippen LogP contribution in [0.4, 0.5) is 0 Å². The molecule has 1 saturated carbocycles. The Morgan fingerprint density at radius 3 is 2.52 bits per heavy atom. The van der Waals surface area contributed by atoms with Crippen LogP contribution in [0.2, 0.25) is 0 Å². The molecule has 2 aliphatic rings. The second kappa shape index (κ2) is 6.12. The second-order valence-electron chi connectivity index (χ2n) is 5.78. The lowest BCUT2D eigenvalue weighted by Crippen LogP contribution is -2.37. The number of Topliss-reactive ketones (excluding diaryl/α,β-unsaturated/α-hetero) is 1. The molecule has 3 heteroatoms. The highest BCUT2D eigenvalue weighted by molar-refractivity contribution is 6.03. The zero-order valence-electron chi connectivity index (χ0n) is 12.6. The van der Waals surface area contributed by atoms with Crippen molar-refractivity contribution in [3.8, 4) is 0 Å². The summed E-state index contributed by atoms with van der Waals surface area (Å²) in [6, 6.07) is 10.3. The highest BCUT2D eigenvalue weighted by atomic mass is 16.7. The lowest BCUT2D eigenvalue weighted by Gasteiger charge is -2.32. The Morgan fingerprint density at radius 1 is 1.19 bits per heavy atom. The molecule has 3 rings (SSSR count). The second-order valence-corrected chi connectivity index (χ2v) is 5.78. The SMILES string of the molecule is CCC/C(=C1/CCC2(CC1=O)OCCO2)c1ccccc1. The average Bonchev–Trinajstić information content (AvgIpc) is 2.95. The van der Waals surface area contributed by atoms with Gasteiger partial charge in [0, 0.05) is 6.42 Å². The summed E-state index contributed by atoms with van der Waals surface area (Å²) in [5, 5.41) is 0. The fraction of sp³-hybridized carbons (Fsp3) is 0.500. The molecule has 0 unspecified atom stereocenters. The normalized spacial score (nSPS) is 23.6. The molecule has 1 aromatic rings. The molecule has 112 valence electrons. The Labute approximate surface area is 125 Å². The number of ether oxygens (including phenoxy) is 2. The molecule has 1 aliphatic carbocycles. The van der Waals surface area contributed by atoms with Crippen LogP contribution in [0.5, 0.6) is 0 Å². The van der Waals surface area contributed by atoms with Crippen molar-refractivity contribution in [3.63, 3.8) is 0 Å². The van der Waals surface area contributed by atoms with Crippen molar-refractivity contribution in [2.75, 3.05) is 13.2 Å². The van der Waals surface area contributed by atoms with E-state index in [-0.39, 0.29) is 5.78 Å². The zero-order chi connectivity index (χ0) is 14.7. The van der Waals surface area contributed by atoms with E-state index in [9.17, 15) is 4.79 Å². The molecule has 3 nitrogen and oxygen atoms in total. The Morgan fingerprint density at radius 2 is 1.90 bits per heavy atom. The minimum Gasteiger partial charge on any atom is -0.347 e. The van der Waals surface area contributed by atoms with Crippen molar-refractivity contribution >= 4 is 11.4 Å². The summed E-state index contributed by atoms with van der Waals surface area (Å²) in [5.74, 6) is -0.440. The Balaban J connectivity index is 1.90. The molecule has 1 aromatic carbocycles. The van der Waals surface area contributed by atoms with Gasteiger partial charge in [-0.1, -0.05) is 43.7 Å². The molecule has 0 aromatic heterocycles. The summed E-state index contributed by atoms with van der Waals surface area (Å²) in [5.41, 5.74) is 3.36. The minimum atomic E-state index is -0.630. The van der Waals surface area contributed by atoms with Crippen LogP contribution in [0.25, 0.3) is 5.57 Å². The minimum absolute atomic E-state index is 0.190. The summed E-state index contributed by atoms with van der Waals surface area (Å²) in [7, 11) is 0. The Hall–Kier alpha value is -1.45. The van der Waals surface area contributed by atoms with E-state index < -0.39 is 5.79 Å². The molecule has 0 amide bonds. The first-order valence-electron chi connectivity index (χ1n) is 7.83. The van der Waals surface area contributed by atoms with Gasteiger partial charge in [-0.05, 0) is 29.6 Å². The Kier molecular flexibility index (Phi) is 4.22. The molecule has 0 N–H and O–H groups in total. The van der Waals surface area contributed by atoms with Gasteiger partial charge in [0.1, 0.15) is 0 Å². The van der Waals surface area contributed by atoms with Gasteiger partial charge in [0.2, 0.25) is 0 Å². The molecule has 21 heavy (non-hydrogen) atoms. The van der Waals surface area contributed by atoms with Crippen molar-refractivity contribution in [2.24, 2.45) is 0 Å². The maximum atomic E-state index is 12.6. The molecular weight excluding hydrogens is 264 g/mol. The fourth-order valence-corrected chi connectivity index (χ4v) is 3.32. The zero-order valence-corrected chi connectivity index (χ0v) is 12.6. The summed E-state index contributed by atoms with van der Waals surface area (Å²) in [6.07, 6.45) is 3.89. The van der Waals surface area contributed by atoms with Crippen molar-refractivity contribution in [2.45, 2.75) is 44.8 Å². The summed E-state index contributed by atoms with van der Waals surface area (Å²) < 4.78 is 11.4. The van der Waals surface area contributed by atoms with Gasteiger partial charge in [0.15, 0.2) is 11.6 Å². The van der Waals surface area contributed by atoms with E-state index in [1.165, 1.54) is 11.1 Å². The van der Waals surface area contributed by atoms with Gasteiger partial charge in [-0.15, -0.1) is 0 Å². The predicted molar refractivity (Wildman–Crippen MR) is 81.8 cm³/mol. The summed E-state index contributed by atoms with van der Waals surface area (Å²) in [4.78, 5) is 12.6. The third kappa shape index (κ3) is 2.94. The van der Waals surface area contributed by atoms with Gasteiger partial charge < -0.3 is 9.47 Å². The van der Waals surface area contributed by atoms with Gasteiger partial charge in [-0.2, -0.15) is 0 Å². The number of carbonyl (C=O) groups is 1. The van der Waals surface area contributed by atoms with E-state index in [2.05, 4.69) is 19.1 Å². The quantitative estimate of drug-likeness (QED) is 0.794. The van der Waals surface area contributed by atoms with Gasteiger partial charge in [-0.3, -0.25) is 4.79 Å². The molecule has 1 saturated heterocycles. The first-order valence-corrected chi connectivity index (χ1v) is 7.83. The lowest BCUT2D eigenvalue weighted by atomic mass is 9.82. The molecule has 1 aliphatic heterocycles. The average molecular weight is 286 g/mol. The third-order valence-corrected chi connectivity index (χ3v) is 4.32. The lowest BCUT2D eigenvalue weighted by molar-refractivity contribution is -0.176. The largest absolute Gasteiger partial charge is 0.347 e. The van der Waals surface area contributed by atoms with Crippen LogP contribution in [0.3, 0.4) is 0 Å². The topological polar surface area (TPSA) is 35.5 Å². The van der Waals surface area contributed by atoms with Crippen molar-refractivity contribution in [3.05, 3.63) is 41.5 Å².